The van der Waals surface area contributed by atoms with Gasteiger partial charge in [0.15, 0.2) is 0 Å². The second-order valence-corrected chi connectivity index (χ2v) is 10.2. The van der Waals surface area contributed by atoms with Crippen LogP contribution >= 0.6 is 0 Å². The summed E-state index contributed by atoms with van der Waals surface area (Å²) in [6.07, 6.45) is 2.24. The molecular weight excluding hydrogens is 485 g/mol. The highest BCUT2D eigenvalue weighted by Gasteiger charge is 2.27. The Morgan fingerprint density at radius 3 is 2.79 bits per heavy atom. The average Bonchev–Trinajstić information content (AvgIpc) is 3.44. The van der Waals surface area contributed by atoms with E-state index in [-0.39, 0.29) is 11.9 Å². The van der Waals surface area contributed by atoms with Crippen molar-refractivity contribution in [2.75, 3.05) is 50.1 Å². The summed E-state index contributed by atoms with van der Waals surface area (Å²) in [6.45, 7) is 10.3. The average molecular weight is 520 g/mol. The van der Waals surface area contributed by atoms with Crippen molar-refractivity contribution in [1.29, 1.82) is 0 Å². The Morgan fingerprint density at radius 1 is 1.16 bits per heavy atom. The smallest absolute Gasteiger partial charge is 0.239 e. The highest BCUT2D eigenvalue weighted by Crippen LogP contribution is 2.33. The van der Waals surface area contributed by atoms with E-state index in [1.807, 2.05) is 11.5 Å². The predicted octanol–water partition coefficient (Wildman–Crippen LogP) is 3.63. The van der Waals surface area contributed by atoms with E-state index < -0.39 is 0 Å². The van der Waals surface area contributed by atoms with E-state index in [1.165, 1.54) is 12.1 Å². The molecule has 0 amide bonds. The third-order valence-corrected chi connectivity index (χ3v) is 7.60. The van der Waals surface area contributed by atoms with Gasteiger partial charge in [-0.1, -0.05) is 0 Å². The minimum absolute atomic E-state index is 0.162. The van der Waals surface area contributed by atoms with Crippen molar-refractivity contribution < 1.29 is 9.13 Å². The van der Waals surface area contributed by atoms with Gasteiger partial charge in [0, 0.05) is 43.5 Å². The molecule has 5 heterocycles. The molecule has 2 fully saturated rings. The molecule has 10 nitrogen and oxygen atoms in total. The van der Waals surface area contributed by atoms with Gasteiger partial charge in [-0.2, -0.15) is 10.1 Å². The number of hydrogen-bond acceptors (Lipinski definition) is 8. The fraction of sp³-hybridized carbons (Fsp3) is 0.481. The number of halogens is 1. The molecule has 0 saturated carbocycles. The standard InChI is InChI=1S/C27H34FN9O/c1-16-15-38-11-10-35(16)24-13-22(25-17(2)34-37(18(25)3)20-6-5-9-30-14-20)32-27(33-24)36-23-8-7-19(28)12-21(23)31-26(36)29-4/h7-8,12-13,16,20,30H,5-6,9-11,14-15H2,1-4H3,(H,29,31)/t16-,20?/m1/s1. The van der Waals surface area contributed by atoms with Gasteiger partial charge in [-0.3, -0.25) is 4.68 Å². The Hall–Kier alpha value is -3.57. The van der Waals surface area contributed by atoms with E-state index in [9.17, 15) is 4.39 Å². The Labute approximate surface area is 221 Å². The van der Waals surface area contributed by atoms with Gasteiger partial charge in [0.05, 0.1) is 47.7 Å². The summed E-state index contributed by atoms with van der Waals surface area (Å²) < 4.78 is 23.7. The van der Waals surface area contributed by atoms with Gasteiger partial charge in [0.1, 0.15) is 11.6 Å². The first-order chi connectivity index (χ1) is 18.4. The lowest BCUT2D eigenvalue weighted by Crippen LogP contribution is -2.44. The Bertz CT molecular complexity index is 1470. The molecule has 2 N–H and O–H groups in total. The van der Waals surface area contributed by atoms with E-state index in [4.69, 9.17) is 19.8 Å². The maximum absolute atomic E-state index is 14.0. The van der Waals surface area contributed by atoms with Crippen LogP contribution in [-0.2, 0) is 4.74 Å². The Balaban J connectivity index is 1.55. The lowest BCUT2D eigenvalue weighted by atomic mass is 10.1. The first-order valence-corrected chi connectivity index (χ1v) is 13.3. The molecule has 0 aliphatic carbocycles. The van der Waals surface area contributed by atoms with Crippen LogP contribution in [0.5, 0.6) is 0 Å². The maximum atomic E-state index is 14.0. The van der Waals surface area contributed by atoms with E-state index in [0.717, 1.165) is 66.5 Å². The van der Waals surface area contributed by atoms with Crippen molar-refractivity contribution in [2.24, 2.45) is 0 Å². The summed E-state index contributed by atoms with van der Waals surface area (Å²) in [5, 5.41) is 11.6. The molecule has 0 bridgehead atoms. The second-order valence-electron chi connectivity index (χ2n) is 10.2. The highest BCUT2D eigenvalue weighted by molar-refractivity contribution is 5.81. The number of benzene rings is 1. The number of nitrogens with zero attached hydrogens (tertiary/aromatic N) is 7. The molecule has 0 radical (unpaired) electrons. The fourth-order valence-corrected chi connectivity index (χ4v) is 5.72. The summed E-state index contributed by atoms with van der Waals surface area (Å²) in [5.74, 6) is 1.50. The van der Waals surface area contributed by atoms with Crippen LogP contribution in [-0.4, -0.2) is 75.2 Å². The van der Waals surface area contributed by atoms with Crippen LogP contribution < -0.4 is 15.5 Å². The molecule has 3 aromatic heterocycles. The second kappa shape index (κ2) is 9.95. The fourth-order valence-electron chi connectivity index (χ4n) is 5.72. The number of imidazole rings is 1. The highest BCUT2D eigenvalue weighted by atomic mass is 19.1. The number of ether oxygens (including phenoxy) is 1. The van der Waals surface area contributed by atoms with Gasteiger partial charge in [0.2, 0.25) is 11.9 Å². The van der Waals surface area contributed by atoms with Gasteiger partial charge in [-0.15, -0.1) is 0 Å². The number of nitrogens with one attached hydrogen (secondary N) is 2. The number of aryl methyl sites for hydroxylation is 1. The van der Waals surface area contributed by atoms with Crippen LogP contribution in [0.3, 0.4) is 0 Å². The zero-order chi connectivity index (χ0) is 26.4. The normalized spacial score (nSPS) is 20.3. The minimum atomic E-state index is -0.335. The number of fused-ring (bicyclic) bond motifs is 1. The lowest BCUT2D eigenvalue weighted by molar-refractivity contribution is 0.0985. The molecule has 2 aliphatic heterocycles. The molecule has 38 heavy (non-hydrogen) atoms. The van der Waals surface area contributed by atoms with Crippen LogP contribution in [0, 0.1) is 19.7 Å². The minimum Gasteiger partial charge on any atom is -0.377 e. The van der Waals surface area contributed by atoms with Crippen molar-refractivity contribution >= 4 is 22.8 Å². The van der Waals surface area contributed by atoms with E-state index in [0.29, 0.717) is 36.7 Å². The van der Waals surface area contributed by atoms with Crippen LogP contribution in [0.25, 0.3) is 28.2 Å². The van der Waals surface area contributed by atoms with Crippen LogP contribution in [0.2, 0.25) is 0 Å². The van der Waals surface area contributed by atoms with Gasteiger partial charge in [-0.25, -0.2) is 18.9 Å². The number of morpholine rings is 1. The Morgan fingerprint density at radius 2 is 2.03 bits per heavy atom. The van der Waals surface area contributed by atoms with Crippen molar-refractivity contribution in [2.45, 2.75) is 45.7 Å². The third kappa shape index (κ3) is 4.29. The number of anilines is 2. The quantitative estimate of drug-likeness (QED) is 0.413. The van der Waals surface area contributed by atoms with Gasteiger partial charge in [-0.05, 0) is 52.3 Å². The summed E-state index contributed by atoms with van der Waals surface area (Å²) in [5.41, 5.74) is 5.11. The van der Waals surface area contributed by atoms with Gasteiger partial charge in [0.25, 0.3) is 0 Å². The molecule has 1 unspecified atom stereocenters. The summed E-state index contributed by atoms with van der Waals surface area (Å²) >= 11 is 0. The number of piperidine rings is 1. The van der Waals surface area contributed by atoms with Gasteiger partial charge >= 0.3 is 0 Å². The monoisotopic (exact) mass is 519 g/mol. The van der Waals surface area contributed by atoms with Crippen LogP contribution in [0.4, 0.5) is 16.2 Å². The molecule has 6 rings (SSSR count). The third-order valence-electron chi connectivity index (χ3n) is 7.60. The van der Waals surface area contributed by atoms with Crippen molar-refractivity contribution in [3.05, 3.63) is 41.5 Å². The SMILES string of the molecule is CNc1nc2cc(F)ccc2n1-c1nc(-c2c(C)nn(C3CCCNC3)c2C)cc(N2CCOC[C@H]2C)n1. The van der Waals surface area contributed by atoms with Crippen LogP contribution in [0.1, 0.15) is 37.2 Å². The number of aromatic nitrogens is 6. The predicted molar refractivity (Wildman–Crippen MR) is 146 cm³/mol. The van der Waals surface area contributed by atoms with Crippen molar-refractivity contribution in [3.8, 4) is 17.2 Å². The molecular formula is C27H34FN9O. The maximum Gasteiger partial charge on any atom is 0.239 e. The lowest BCUT2D eigenvalue weighted by Gasteiger charge is -2.34. The van der Waals surface area contributed by atoms with Gasteiger partial charge < -0.3 is 20.3 Å². The van der Waals surface area contributed by atoms with E-state index in [1.54, 1.807) is 13.1 Å². The summed E-state index contributed by atoms with van der Waals surface area (Å²) in [6, 6.07) is 7.12. The molecule has 2 aliphatic rings. The molecule has 11 heteroatoms. The number of rotatable bonds is 5. The van der Waals surface area contributed by atoms with E-state index in [2.05, 4.69) is 45.1 Å². The molecule has 1 aromatic carbocycles. The van der Waals surface area contributed by atoms with Crippen molar-refractivity contribution in [3.63, 3.8) is 0 Å². The molecule has 4 aromatic rings. The summed E-state index contributed by atoms with van der Waals surface area (Å²) in [4.78, 5) is 17.0. The Kier molecular flexibility index (Phi) is 6.48. The topological polar surface area (TPSA) is 98.0 Å². The number of hydrogen-bond donors (Lipinski definition) is 2. The first kappa shape index (κ1) is 24.7. The van der Waals surface area contributed by atoms with Crippen LogP contribution in [0.15, 0.2) is 24.3 Å². The molecule has 200 valence electrons. The molecule has 0 spiro atoms. The summed E-state index contributed by atoms with van der Waals surface area (Å²) in [7, 11) is 1.79. The van der Waals surface area contributed by atoms with Crippen molar-refractivity contribution in [1.82, 2.24) is 34.6 Å². The largest absolute Gasteiger partial charge is 0.377 e. The zero-order valence-electron chi connectivity index (χ0n) is 22.3. The first-order valence-electron chi connectivity index (χ1n) is 13.3. The van der Waals surface area contributed by atoms with E-state index >= 15 is 0 Å². The zero-order valence-corrected chi connectivity index (χ0v) is 22.3. The molecule has 2 atom stereocenters. The molecule has 2 saturated heterocycles.